The number of nitrogens with one attached hydrogen (secondary N) is 2. The van der Waals surface area contributed by atoms with E-state index in [4.69, 9.17) is 9.41 Å². The Morgan fingerprint density at radius 1 is 1.39 bits per heavy atom. The second-order valence-corrected chi connectivity index (χ2v) is 8.26. The summed E-state index contributed by atoms with van der Waals surface area (Å²) >= 11 is 1.73. The second-order valence-electron chi connectivity index (χ2n) is 6.98. The Labute approximate surface area is 189 Å². The number of hydrogen-bond acceptors (Lipinski definition) is 5. The summed E-state index contributed by atoms with van der Waals surface area (Å²) in [5, 5.41) is 8.05. The van der Waals surface area contributed by atoms with Crippen LogP contribution in [0.15, 0.2) is 27.8 Å². The van der Waals surface area contributed by atoms with Crippen molar-refractivity contribution in [1.29, 1.82) is 0 Å². The minimum atomic E-state index is 0. The first-order chi connectivity index (χ1) is 13.2. The topological polar surface area (TPSA) is 65.7 Å². The molecule has 1 unspecified atom stereocenters. The molecule has 1 aliphatic rings. The zero-order chi connectivity index (χ0) is 19.1. The predicted octanol–water partition coefficient (Wildman–Crippen LogP) is 3.73. The van der Waals surface area contributed by atoms with Gasteiger partial charge in [0.1, 0.15) is 10.8 Å². The van der Waals surface area contributed by atoms with Gasteiger partial charge in [0.2, 0.25) is 0 Å². The Morgan fingerprint density at radius 3 is 2.93 bits per heavy atom. The minimum Gasteiger partial charge on any atom is -0.469 e. The van der Waals surface area contributed by atoms with Crippen LogP contribution in [0.5, 0.6) is 0 Å². The molecule has 1 atom stereocenters. The smallest absolute Gasteiger partial charge is 0.191 e. The van der Waals surface area contributed by atoms with Crippen molar-refractivity contribution in [2.45, 2.75) is 52.6 Å². The van der Waals surface area contributed by atoms with Crippen LogP contribution in [-0.4, -0.2) is 48.1 Å². The number of likely N-dealkylation sites (N-methyl/N-ethyl adjacent to an activating group) is 1. The molecule has 0 bridgehead atoms. The van der Waals surface area contributed by atoms with Gasteiger partial charge in [-0.15, -0.1) is 35.3 Å². The summed E-state index contributed by atoms with van der Waals surface area (Å²) in [5.41, 5.74) is 1.11. The van der Waals surface area contributed by atoms with Crippen molar-refractivity contribution in [3.8, 4) is 0 Å². The summed E-state index contributed by atoms with van der Waals surface area (Å²) in [6, 6.07) is 4.52. The van der Waals surface area contributed by atoms with Gasteiger partial charge >= 0.3 is 0 Å². The highest BCUT2D eigenvalue weighted by atomic mass is 127. The van der Waals surface area contributed by atoms with E-state index < -0.39 is 0 Å². The zero-order valence-corrected chi connectivity index (χ0v) is 20.2. The van der Waals surface area contributed by atoms with E-state index in [9.17, 15) is 0 Å². The molecule has 0 aromatic carbocycles. The molecule has 3 rings (SSSR count). The van der Waals surface area contributed by atoms with Crippen molar-refractivity contribution in [2.24, 2.45) is 4.99 Å². The molecule has 1 fully saturated rings. The van der Waals surface area contributed by atoms with Gasteiger partial charge in [-0.1, -0.05) is 6.92 Å². The van der Waals surface area contributed by atoms with E-state index >= 15 is 0 Å². The van der Waals surface area contributed by atoms with Crippen LogP contribution < -0.4 is 10.6 Å². The van der Waals surface area contributed by atoms with E-state index in [1.165, 1.54) is 24.3 Å². The minimum absolute atomic E-state index is 0. The number of furan rings is 1. The maximum Gasteiger partial charge on any atom is 0.191 e. The first kappa shape index (κ1) is 23.2. The Kier molecular flexibility index (Phi) is 9.73. The van der Waals surface area contributed by atoms with Gasteiger partial charge in [-0.2, -0.15) is 0 Å². The normalized spacial score (nSPS) is 17.5. The molecule has 2 N–H and O–H groups in total. The van der Waals surface area contributed by atoms with Crippen LogP contribution in [0.25, 0.3) is 0 Å². The molecular formula is C20H32IN5OS. The summed E-state index contributed by atoms with van der Waals surface area (Å²) in [6.07, 6.45) is 5.10. The van der Waals surface area contributed by atoms with Gasteiger partial charge in [0.05, 0.1) is 18.5 Å². The lowest BCUT2D eigenvalue weighted by Gasteiger charge is -2.24. The molecular weight excluding hydrogens is 485 g/mol. The molecule has 3 heterocycles. The molecule has 28 heavy (non-hydrogen) atoms. The predicted molar refractivity (Wildman–Crippen MR) is 127 cm³/mol. The van der Waals surface area contributed by atoms with Gasteiger partial charge in [0.25, 0.3) is 0 Å². The van der Waals surface area contributed by atoms with Crippen molar-refractivity contribution in [1.82, 2.24) is 20.5 Å². The highest BCUT2D eigenvalue weighted by Crippen LogP contribution is 2.17. The Balaban J connectivity index is 0.00000280. The molecule has 1 aliphatic heterocycles. The monoisotopic (exact) mass is 517 g/mol. The fourth-order valence-corrected chi connectivity index (χ4v) is 4.30. The maximum absolute atomic E-state index is 5.42. The van der Waals surface area contributed by atoms with Crippen LogP contribution in [0.2, 0.25) is 0 Å². The van der Waals surface area contributed by atoms with Gasteiger partial charge in [-0.25, -0.2) is 9.98 Å². The maximum atomic E-state index is 5.42. The van der Waals surface area contributed by atoms with Gasteiger partial charge in [-0.3, -0.25) is 4.90 Å². The number of aromatic nitrogens is 1. The van der Waals surface area contributed by atoms with Crippen LogP contribution in [-0.2, 0) is 13.0 Å². The molecule has 0 amide bonds. The third-order valence-corrected chi connectivity index (χ3v) is 6.16. The number of thiazole rings is 1. The van der Waals surface area contributed by atoms with E-state index in [1.54, 1.807) is 17.6 Å². The second kappa shape index (κ2) is 11.8. The van der Waals surface area contributed by atoms with Gasteiger partial charge in [0, 0.05) is 30.4 Å². The Hall–Kier alpha value is -1.13. The standard InChI is InChI=1S/C20H31N5OS.HI/c1-4-25-11-5-7-17(25)13-22-20(21-10-9-18-8-6-12-26-18)23-14-19-24-15(2)16(3)27-19;/h6,8,12,17H,4-5,7,9-11,13-14H2,1-3H3,(H2,21,22,23);1H. The lowest BCUT2D eigenvalue weighted by Crippen LogP contribution is -2.45. The van der Waals surface area contributed by atoms with Gasteiger partial charge in [-0.05, 0) is 51.9 Å². The number of aliphatic imine (C=N–C) groups is 1. The summed E-state index contributed by atoms with van der Waals surface area (Å²) < 4.78 is 5.42. The first-order valence-electron chi connectivity index (χ1n) is 9.87. The van der Waals surface area contributed by atoms with Crippen molar-refractivity contribution < 1.29 is 4.42 Å². The van der Waals surface area contributed by atoms with E-state index in [0.29, 0.717) is 12.6 Å². The highest BCUT2D eigenvalue weighted by molar-refractivity contribution is 14.0. The molecule has 156 valence electrons. The summed E-state index contributed by atoms with van der Waals surface area (Å²) in [5.74, 6) is 1.84. The number of likely N-dealkylation sites (tertiary alicyclic amines) is 1. The van der Waals surface area contributed by atoms with E-state index in [0.717, 1.165) is 48.5 Å². The lowest BCUT2D eigenvalue weighted by molar-refractivity contribution is 0.267. The molecule has 1 saturated heterocycles. The van der Waals surface area contributed by atoms with Crippen LogP contribution in [0.3, 0.4) is 0 Å². The van der Waals surface area contributed by atoms with Crippen LogP contribution in [0.1, 0.15) is 41.1 Å². The fourth-order valence-electron chi connectivity index (χ4n) is 3.44. The molecule has 8 heteroatoms. The molecule has 0 radical (unpaired) electrons. The molecule has 6 nitrogen and oxygen atoms in total. The summed E-state index contributed by atoms with van der Waals surface area (Å²) in [6.45, 7) is 11.1. The van der Waals surface area contributed by atoms with E-state index in [1.807, 2.05) is 12.1 Å². The lowest BCUT2D eigenvalue weighted by atomic mass is 10.2. The Morgan fingerprint density at radius 2 is 2.25 bits per heavy atom. The van der Waals surface area contributed by atoms with Crippen LogP contribution >= 0.6 is 35.3 Å². The average Bonchev–Trinajstić information content (AvgIpc) is 3.39. The highest BCUT2D eigenvalue weighted by Gasteiger charge is 2.22. The Bertz CT molecular complexity index is 712. The third-order valence-electron chi connectivity index (χ3n) is 5.10. The van der Waals surface area contributed by atoms with Crippen molar-refractivity contribution in [3.05, 3.63) is 39.7 Å². The molecule has 2 aromatic heterocycles. The fraction of sp³-hybridized carbons (Fsp3) is 0.600. The number of hydrogen-bond donors (Lipinski definition) is 2. The number of nitrogens with zero attached hydrogens (tertiary/aromatic N) is 3. The SMILES string of the molecule is CCN1CCCC1CNC(=NCc1nc(C)c(C)s1)NCCc1ccco1.I. The van der Waals surface area contributed by atoms with E-state index in [2.05, 4.69) is 41.3 Å². The summed E-state index contributed by atoms with van der Waals surface area (Å²) in [4.78, 5) is 13.2. The van der Waals surface area contributed by atoms with E-state index in [-0.39, 0.29) is 24.0 Å². The third kappa shape index (κ3) is 6.73. The summed E-state index contributed by atoms with van der Waals surface area (Å²) in [7, 11) is 0. The quantitative estimate of drug-likeness (QED) is 0.318. The zero-order valence-electron chi connectivity index (χ0n) is 17.0. The largest absolute Gasteiger partial charge is 0.469 e. The molecule has 0 aliphatic carbocycles. The molecule has 2 aromatic rings. The van der Waals surface area contributed by atoms with Crippen molar-refractivity contribution >= 4 is 41.3 Å². The van der Waals surface area contributed by atoms with Crippen molar-refractivity contribution in [2.75, 3.05) is 26.2 Å². The van der Waals surface area contributed by atoms with Crippen molar-refractivity contribution in [3.63, 3.8) is 0 Å². The molecule has 0 saturated carbocycles. The number of guanidine groups is 1. The average molecular weight is 517 g/mol. The van der Waals surface area contributed by atoms with Crippen LogP contribution in [0.4, 0.5) is 0 Å². The molecule has 0 spiro atoms. The van der Waals surface area contributed by atoms with Gasteiger partial charge in [0.15, 0.2) is 5.96 Å². The number of rotatable bonds is 8. The van der Waals surface area contributed by atoms with Crippen LogP contribution in [0, 0.1) is 13.8 Å². The number of aryl methyl sites for hydroxylation is 2. The number of halogens is 1. The van der Waals surface area contributed by atoms with Gasteiger partial charge < -0.3 is 15.1 Å². The first-order valence-corrected chi connectivity index (χ1v) is 10.7.